The highest BCUT2D eigenvalue weighted by atomic mass is 32.1. The van der Waals surface area contributed by atoms with Crippen molar-refractivity contribution in [3.05, 3.63) is 46.6 Å². The van der Waals surface area contributed by atoms with Crippen molar-refractivity contribution in [1.82, 2.24) is 20.2 Å². The van der Waals surface area contributed by atoms with Crippen LogP contribution in [0, 0.1) is 6.92 Å². The number of carbonyl (C=O) groups is 1. The highest BCUT2D eigenvalue weighted by Crippen LogP contribution is 2.35. The Hall–Kier alpha value is -2.71. The molecule has 3 heterocycles. The number of anilines is 1. The van der Waals surface area contributed by atoms with E-state index in [9.17, 15) is 4.79 Å². The van der Waals surface area contributed by atoms with Gasteiger partial charge in [0.2, 0.25) is 0 Å². The molecular weight excluding hydrogens is 410 g/mol. The Morgan fingerprint density at radius 1 is 1.19 bits per heavy atom. The number of benzene rings is 1. The minimum atomic E-state index is -0.0925. The molecule has 0 aliphatic carbocycles. The van der Waals surface area contributed by atoms with Gasteiger partial charge < -0.3 is 15.0 Å². The lowest BCUT2D eigenvalue weighted by Gasteiger charge is -2.35. The van der Waals surface area contributed by atoms with Gasteiger partial charge in [-0.05, 0) is 31.5 Å². The molecule has 8 heteroatoms. The van der Waals surface area contributed by atoms with Crippen LogP contribution in [-0.4, -0.2) is 60.6 Å². The number of carbonyl (C=O) groups excluding carboxylic acids is 1. The van der Waals surface area contributed by atoms with Crippen molar-refractivity contribution < 1.29 is 9.53 Å². The fourth-order valence-electron chi connectivity index (χ4n) is 4.11. The number of hydrogen-bond donors (Lipinski definition) is 1. The number of nitrogens with zero attached hydrogens (tertiary/aromatic N) is 4. The molecular formula is C23H29N5O2S. The first-order valence-electron chi connectivity index (χ1n) is 10.7. The van der Waals surface area contributed by atoms with E-state index in [2.05, 4.69) is 32.0 Å². The van der Waals surface area contributed by atoms with Crippen molar-refractivity contribution in [2.24, 2.45) is 0 Å². The lowest BCUT2D eigenvalue weighted by molar-refractivity contribution is 0.0954. The molecule has 7 nitrogen and oxygen atoms in total. The van der Waals surface area contributed by atoms with Crippen molar-refractivity contribution in [2.75, 3.05) is 44.7 Å². The molecule has 2 aromatic heterocycles. The van der Waals surface area contributed by atoms with Gasteiger partial charge >= 0.3 is 0 Å². The molecule has 0 radical (unpaired) electrons. The van der Waals surface area contributed by atoms with Gasteiger partial charge in [0, 0.05) is 38.3 Å². The van der Waals surface area contributed by atoms with E-state index in [-0.39, 0.29) is 5.91 Å². The van der Waals surface area contributed by atoms with Crippen LogP contribution in [0.4, 0.5) is 5.82 Å². The van der Waals surface area contributed by atoms with Crippen LogP contribution < -0.4 is 15.0 Å². The lowest BCUT2D eigenvalue weighted by Crippen LogP contribution is -2.46. The molecule has 0 saturated carbocycles. The molecule has 31 heavy (non-hydrogen) atoms. The number of hydrogen-bond acceptors (Lipinski definition) is 7. The van der Waals surface area contributed by atoms with Crippen LogP contribution in [0.25, 0.3) is 10.2 Å². The summed E-state index contributed by atoms with van der Waals surface area (Å²) in [5.41, 5.74) is 1.90. The predicted octanol–water partition coefficient (Wildman–Crippen LogP) is 3.47. The van der Waals surface area contributed by atoms with E-state index in [1.54, 1.807) is 13.4 Å². The van der Waals surface area contributed by atoms with Gasteiger partial charge in [-0.3, -0.25) is 9.69 Å². The maximum Gasteiger partial charge on any atom is 0.261 e. The molecule has 4 rings (SSSR count). The number of methoxy groups -OCH3 is 1. The first-order chi connectivity index (χ1) is 15.1. The molecule has 1 N–H and O–H groups in total. The number of nitrogens with one attached hydrogen (secondary N) is 1. The summed E-state index contributed by atoms with van der Waals surface area (Å²) >= 11 is 1.43. The van der Waals surface area contributed by atoms with Crippen LogP contribution in [0.1, 0.15) is 34.1 Å². The molecule has 0 spiro atoms. The molecule has 3 aromatic rings. The van der Waals surface area contributed by atoms with Crippen molar-refractivity contribution in [3.63, 3.8) is 0 Å². The highest BCUT2D eigenvalue weighted by Gasteiger charge is 2.24. The van der Waals surface area contributed by atoms with Gasteiger partial charge in [0.15, 0.2) is 0 Å². The SMILES string of the molecule is CCCN1CCN(c2ncnc3sc(C(=O)NCc4ccccc4OC)c(C)c23)CC1. The quantitative estimate of drug-likeness (QED) is 0.608. The summed E-state index contributed by atoms with van der Waals surface area (Å²) < 4.78 is 5.38. The molecule has 0 atom stereocenters. The largest absolute Gasteiger partial charge is 0.496 e. The second-order valence-electron chi connectivity index (χ2n) is 7.76. The molecule has 1 aliphatic heterocycles. The summed E-state index contributed by atoms with van der Waals surface area (Å²) in [6, 6.07) is 7.71. The molecule has 1 aliphatic rings. The zero-order chi connectivity index (χ0) is 21.8. The Balaban J connectivity index is 1.54. The van der Waals surface area contributed by atoms with Gasteiger partial charge in [-0.2, -0.15) is 0 Å². The van der Waals surface area contributed by atoms with E-state index in [1.807, 2.05) is 31.2 Å². The zero-order valence-corrected chi connectivity index (χ0v) is 19.2. The van der Waals surface area contributed by atoms with Crippen molar-refractivity contribution in [3.8, 4) is 5.75 Å². The van der Waals surface area contributed by atoms with E-state index in [1.165, 1.54) is 17.8 Å². The van der Waals surface area contributed by atoms with E-state index in [0.717, 1.165) is 65.6 Å². The number of aromatic nitrogens is 2. The van der Waals surface area contributed by atoms with Crippen molar-refractivity contribution >= 4 is 33.3 Å². The monoisotopic (exact) mass is 439 g/mol. The smallest absolute Gasteiger partial charge is 0.261 e. The number of para-hydroxylation sites is 1. The summed E-state index contributed by atoms with van der Waals surface area (Å²) in [6.07, 6.45) is 2.79. The van der Waals surface area contributed by atoms with Crippen LogP contribution in [0.3, 0.4) is 0 Å². The van der Waals surface area contributed by atoms with E-state index >= 15 is 0 Å². The topological polar surface area (TPSA) is 70.6 Å². The van der Waals surface area contributed by atoms with Gasteiger partial charge in [0.25, 0.3) is 5.91 Å². The lowest BCUT2D eigenvalue weighted by atomic mass is 10.1. The molecule has 0 unspecified atom stereocenters. The fourth-order valence-corrected chi connectivity index (χ4v) is 5.17. The van der Waals surface area contributed by atoms with Crippen LogP contribution >= 0.6 is 11.3 Å². The second kappa shape index (κ2) is 9.62. The molecule has 1 aromatic carbocycles. The van der Waals surface area contributed by atoms with Gasteiger partial charge in [0.05, 0.1) is 17.4 Å². The summed E-state index contributed by atoms with van der Waals surface area (Å²) in [6.45, 7) is 9.72. The Labute approximate surface area is 187 Å². The minimum Gasteiger partial charge on any atom is -0.496 e. The third kappa shape index (κ3) is 4.50. The summed E-state index contributed by atoms with van der Waals surface area (Å²) in [5.74, 6) is 1.62. The average molecular weight is 440 g/mol. The number of ether oxygens (including phenoxy) is 1. The van der Waals surface area contributed by atoms with Crippen LogP contribution in [-0.2, 0) is 6.54 Å². The summed E-state index contributed by atoms with van der Waals surface area (Å²) in [4.78, 5) is 28.4. The molecule has 1 saturated heterocycles. The number of rotatable bonds is 7. The minimum absolute atomic E-state index is 0.0925. The zero-order valence-electron chi connectivity index (χ0n) is 18.4. The molecule has 1 amide bonds. The number of thiophene rings is 1. The first-order valence-corrected chi connectivity index (χ1v) is 11.6. The Bertz CT molecular complexity index is 1060. The third-order valence-corrected chi connectivity index (χ3v) is 6.96. The summed E-state index contributed by atoms with van der Waals surface area (Å²) in [5, 5.41) is 4.03. The Morgan fingerprint density at radius 2 is 1.97 bits per heavy atom. The Kier molecular flexibility index (Phi) is 6.67. The molecule has 0 bridgehead atoms. The van der Waals surface area contributed by atoms with Gasteiger partial charge in [-0.1, -0.05) is 25.1 Å². The maximum atomic E-state index is 13.0. The fraction of sp³-hybridized carbons (Fsp3) is 0.435. The van der Waals surface area contributed by atoms with E-state index < -0.39 is 0 Å². The molecule has 1 fully saturated rings. The van der Waals surface area contributed by atoms with E-state index in [0.29, 0.717) is 11.4 Å². The van der Waals surface area contributed by atoms with Gasteiger partial charge in [-0.15, -0.1) is 11.3 Å². The average Bonchev–Trinajstić information content (AvgIpc) is 3.15. The van der Waals surface area contributed by atoms with Crippen LogP contribution in [0.2, 0.25) is 0 Å². The first kappa shape index (κ1) is 21.5. The van der Waals surface area contributed by atoms with Crippen LogP contribution in [0.5, 0.6) is 5.75 Å². The van der Waals surface area contributed by atoms with Crippen LogP contribution in [0.15, 0.2) is 30.6 Å². The van der Waals surface area contributed by atoms with Crippen molar-refractivity contribution in [1.29, 1.82) is 0 Å². The van der Waals surface area contributed by atoms with Crippen molar-refractivity contribution in [2.45, 2.75) is 26.8 Å². The number of fused-ring (bicyclic) bond motifs is 1. The number of piperazine rings is 1. The molecule has 164 valence electrons. The number of aryl methyl sites for hydroxylation is 1. The second-order valence-corrected chi connectivity index (χ2v) is 8.76. The predicted molar refractivity (Wildman–Crippen MR) is 125 cm³/mol. The highest BCUT2D eigenvalue weighted by molar-refractivity contribution is 7.20. The van der Waals surface area contributed by atoms with Gasteiger partial charge in [-0.25, -0.2) is 9.97 Å². The van der Waals surface area contributed by atoms with E-state index in [4.69, 9.17) is 4.74 Å². The summed E-state index contributed by atoms with van der Waals surface area (Å²) in [7, 11) is 1.64. The third-order valence-electron chi connectivity index (χ3n) is 5.76. The van der Waals surface area contributed by atoms with Gasteiger partial charge in [0.1, 0.15) is 22.7 Å². The number of amides is 1. The Morgan fingerprint density at radius 3 is 2.71 bits per heavy atom. The maximum absolute atomic E-state index is 13.0. The standard InChI is InChI=1S/C23H29N5O2S/c1-4-9-27-10-12-28(13-11-27)21-19-16(2)20(31-23(19)26-15-25-21)22(29)24-14-17-7-5-6-8-18(17)30-3/h5-8,15H,4,9-14H2,1-3H3,(H,24,29). The normalized spacial score (nSPS) is 14.7.